The quantitative estimate of drug-likeness (QED) is 0.437. The van der Waals surface area contributed by atoms with Gasteiger partial charge < -0.3 is 10.1 Å². The van der Waals surface area contributed by atoms with Crippen molar-refractivity contribution in [3.05, 3.63) is 75.3 Å². The van der Waals surface area contributed by atoms with E-state index in [1.54, 1.807) is 0 Å². The van der Waals surface area contributed by atoms with Crippen LogP contribution in [0.4, 0.5) is 5.69 Å². The van der Waals surface area contributed by atoms with Gasteiger partial charge in [-0.05, 0) is 38.3 Å². The highest BCUT2D eigenvalue weighted by atomic mass is 16.6. The van der Waals surface area contributed by atoms with Crippen molar-refractivity contribution in [3.63, 3.8) is 0 Å². The summed E-state index contributed by atoms with van der Waals surface area (Å²) < 4.78 is 4.94. The van der Waals surface area contributed by atoms with E-state index < -0.39 is 23.4 Å². The highest BCUT2D eigenvalue weighted by molar-refractivity contribution is 5.95. The van der Waals surface area contributed by atoms with Gasteiger partial charge >= 0.3 is 5.97 Å². The number of carbonyl (C=O) groups is 2. The van der Waals surface area contributed by atoms with Crippen LogP contribution in [0.2, 0.25) is 0 Å². The van der Waals surface area contributed by atoms with Gasteiger partial charge in [-0.25, -0.2) is 4.79 Å². The summed E-state index contributed by atoms with van der Waals surface area (Å²) in [6.07, 6.45) is 1.56. The average molecular weight is 370 g/mol. The van der Waals surface area contributed by atoms with Crippen LogP contribution in [0.25, 0.3) is 0 Å². The Kier molecular flexibility index (Phi) is 7.05. The number of carbonyl (C=O) groups excluding carboxylic acids is 2. The second kappa shape index (κ2) is 9.47. The van der Waals surface area contributed by atoms with Crippen LogP contribution in [0.1, 0.15) is 34.8 Å². The molecule has 1 amide bonds. The molecule has 0 aliphatic heterocycles. The molecule has 0 aromatic heterocycles. The van der Waals surface area contributed by atoms with Crippen LogP contribution in [0, 0.1) is 17.0 Å². The van der Waals surface area contributed by atoms with Gasteiger partial charge in [0.25, 0.3) is 11.6 Å². The molecular weight excluding hydrogens is 348 g/mol. The first-order chi connectivity index (χ1) is 12.9. The third-order valence-electron chi connectivity index (χ3n) is 4.09. The Hall–Kier alpha value is -3.22. The number of rotatable bonds is 8. The number of nitro groups is 1. The van der Waals surface area contributed by atoms with Crippen molar-refractivity contribution in [2.45, 2.75) is 32.7 Å². The standard InChI is InChI=1S/C20H22N2O5/c1-14-7-6-10-17(19(14)22(25)26)20(24)27-13-18(23)21-15(2)11-12-16-8-4-3-5-9-16/h3-10,15H,11-13H2,1-2H3,(H,21,23). The molecule has 1 atom stereocenters. The Morgan fingerprint density at radius 1 is 1.15 bits per heavy atom. The molecule has 0 saturated heterocycles. The van der Waals surface area contributed by atoms with E-state index in [-0.39, 0.29) is 17.3 Å². The van der Waals surface area contributed by atoms with Gasteiger partial charge in [0, 0.05) is 11.6 Å². The van der Waals surface area contributed by atoms with Gasteiger partial charge in [0.15, 0.2) is 6.61 Å². The summed E-state index contributed by atoms with van der Waals surface area (Å²) in [4.78, 5) is 34.6. The predicted molar refractivity (Wildman–Crippen MR) is 100 cm³/mol. The van der Waals surface area contributed by atoms with E-state index in [4.69, 9.17) is 4.74 Å². The van der Waals surface area contributed by atoms with E-state index in [1.807, 2.05) is 37.3 Å². The lowest BCUT2D eigenvalue weighted by Crippen LogP contribution is -2.36. The van der Waals surface area contributed by atoms with Crippen LogP contribution in [-0.4, -0.2) is 29.4 Å². The Bertz CT molecular complexity index is 820. The SMILES string of the molecule is Cc1cccc(C(=O)OCC(=O)NC(C)CCc2ccccc2)c1[N+](=O)[O-]. The first kappa shape index (κ1) is 20.1. The molecule has 1 unspecified atom stereocenters. The largest absolute Gasteiger partial charge is 0.452 e. The first-order valence-electron chi connectivity index (χ1n) is 8.63. The van der Waals surface area contributed by atoms with Crippen molar-refractivity contribution in [3.8, 4) is 0 Å². The van der Waals surface area contributed by atoms with E-state index in [9.17, 15) is 19.7 Å². The number of nitrogens with zero attached hydrogens (tertiary/aromatic N) is 1. The predicted octanol–water partition coefficient (Wildman–Crippen LogP) is 3.20. The molecule has 142 valence electrons. The van der Waals surface area contributed by atoms with Crippen LogP contribution in [0.15, 0.2) is 48.5 Å². The fraction of sp³-hybridized carbons (Fsp3) is 0.300. The minimum absolute atomic E-state index is 0.0929. The monoisotopic (exact) mass is 370 g/mol. The Balaban J connectivity index is 1.84. The van der Waals surface area contributed by atoms with E-state index in [0.717, 1.165) is 12.8 Å². The van der Waals surface area contributed by atoms with Gasteiger partial charge in [-0.1, -0.05) is 42.5 Å². The summed E-state index contributed by atoms with van der Waals surface area (Å²) in [7, 11) is 0. The Morgan fingerprint density at radius 3 is 2.52 bits per heavy atom. The zero-order valence-corrected chi connectivity index (χ0v) is 15.3. The fourth-order valence-electron chi connectivity index (χ4n) is 2.69. The molecule has 2 aromatic rings. The van der Waals surface area contributed by atoms with Crippen molar-refractivity contribution in [2.24, 2.45) is 0 Å². The zero-order chi connectivity index (χ0) is 19.8. The number of para-hydroxylation sites is 1. The summed E-state index contributed by atoms with van der Waals surface area (Å²) >= 11 is 0. The van der Waals surface area contributed by atoms with E-state index >= 15 is 0 Å². The van der Waals surface area contributed by atoms with E-state index in [0.29, 0.717) is 5.56 Å². The Labute approximate surface area is 157 Å². The molecule has 7 nitrogen and oxygen atoms in total. The normalized spacial score (nSPS) is 11.5. The lowest BCUT2D eigenvalue weighted by molar-refractivity contribution is -0.385. The number of nitro benzene ring substituents is 1. The lowest BCUT2D eigenvalue weighted by Gasteiger charge is -2.14. The number of ether oxygens (including phenoxy) is 1. The van der Waals surface area contributed by atoms with Crippen LogP contribution in [0.5, 0.6) is 0 Å². The molecule has 0 heterocycles. The van der Waals surface area contributed by atoms with Gasteiger partial charge in [0.1, 0.15) is 5.56 Å². The number of esters is 1. The fourth-order valence-corrected chi connectivity index (χ4v) is 2.69. The molecule has 7 heteroatoms. The molecule has 0 aliphatic rings. The molecule has 2 aromatic carbocycles. The van der Waals surface area contributed by atoms with Gasteiger partial charge in [-0.3, -0.25) is 14.9 Å². The number of nitrogens with one attached hydrogen (secondary N) is 1. The minimum Gasteiger partial charge on any atom is -0.452 e. The maximum Gasteiger partial charge on any atom is 0.345 e. The molecule has 0 saturated carbocycles. The van der Waals surface area contributed by atoms with E-state index in [2.05, 4.69) is 5.32 Å². The lowest BCUT2D eigenvalue weighted by atomic mass is 10.1. The molecular formula is C20H22N2O5. The van der Waals surface area contributed by atoms with Crippen molar-refractivity contribution in [1.29, 1.82) is 0 Å². The van der Waals surface area contributed by atoms with Crippen LogP contribution in [-0.2, 0) is 16.0 Å². The van der Waals surface area contributed by atoms with Gasteiger partial charge in [0.2, 0.25) is 0 Å². The highest BCUT2D eigenvalue weighted by Crippen LogP contribution is 2.23. The third-order valence-corrected chi connectivity index (χ3v) is 4.09. The molecule has 1 N–H and O–H groups in total. The average Bonchev–Trinajstić information content (AvgIpc) is 2.64. The zero-order valence-electron chi connectivity index (χ0n) is 15.3. The molecule has 0 fully saturated rings. The molecule has 0 aliphatic carbocycles. The van der Waals surface area contributed by atoms with Crippen molar-refractivity contribution < 1.29 is 19.2 Å². The Morgan fingerprint density at radius 2 is 1.85 bits per heavy atom. The summed E-state index contributed by atoms with van der Waals surface area (Å²) in [6, 6.07) is 14.2. The van der Waals surface area contributed by atoms with Crippen LogP contribution >= 0.6 is 0 Å². The third kappa shape index (κ3) is 5.91. The molecule has 2 rings (SSSR count). The summed E-state index contributed by atoms with van der Waals surface area (Å²) in [5.41, 5.74) is 1.06. The summed E-state index contributed by atoms with van der Waals surface area (Å²) in [5, 5.41) is 13.9. The number of hydrogen-bond donors (Lipinski definition) is 1. The van der Waals surface area contributed by atoms with Crippen molar-refractivity contribution in [2.75, 3.05) is 6.61 Å². The number of aryl methyl sites for hydroxylation is 2. The molecule has 0 spiro atoms. The van der Waals surface area contributed by atoms with E-state index in [1.165, 1.54) is 30.7 Å². The summed E-state index contributed by atoms with van der Waals surface area (Å²) in [5.74, 6) is -1.34. The van der Waals surface area contributed by atoms with Crippen LogP contribution in [0.3, 0.4) is 0 Å². The first-order valence-corrected chi connectivity index (χ1v) is 8.63. The minimum atomic E-state index is -0.891. The van der Waals surface area contributed by atoms with Gasteiger partial charge in [0.05, 0.1) is 4.92 Å². The number of amides is 1. The van der Waals surface area contributed by atoms with Crippen LogP contribution < -0.4 is 5.32 Å². The molecule has 27 heavy (non-hydrogen) atoms. The van der Waals surface area contributed by atoms with Gasteiger partial charge in [-0.2, -0.15) is 0 Å². The van der Waals surface area contributed by atoms with Crippen molar-refractivity contribution in [1.82, 2.24) is 5.32 Å². The second-order valence-corrected chi connectivity index (χ2v) is 6.30. The van der Waals surface area contributed by atoms with Crippen molar-refractivity contribution >= 4 is 17.6 Å². The smallest absolute Gasteiger partial charge is 0.345 e. The second-order valence-electron chi connectivity index (χ2n) is 6.30. The highest BCUT2D eigenvalue weighted by Gasteiger charge is 2.24. The summed E-state index contributed by atoms with van der Waals surface area (Å²) in [6.45, 7) is 2.92. The molecule has 0 bridgehead atoms. The number of benzene rings is 2. The topological polar surface area (TPSA) is 98.5 Å². The maximum atomic E-state index is 12.1. The maximum absolute atomic E-state index is 12.1. The molecule has 0 radical (unpaired) electrons. The van der Waals surface area contributed by atoms with Gasteiger partial charge in [-0.15, -0.1) is 0 Å². The number of hydrogen-bond acceptors (Lipinski definition) is 5.